The van der Waals surface area contributed by atoms with Gasteiger partial charge in [-0.15, -0.1) is 0 Å². The normalized spacial score (nSPS) is 11.0. The molecule has 2 aromatic heterocycles. The van der Waals surface area contributed by atoms with Crippen LogP contribution in [0.15, 0.2) is 45.0 Å². The molecule has 0 amide bonds. The number of nitrogens with one attached hydrogen (secondary N) is 1. The van der Waals surface area contributed by atoms with Crippen molar-refractivity contribution in [2.45, 2.75) is 24.1 Å². The second-order valence-corrected chi connectivity index (χ2v) is 5.42. The molecule has 1 aromatic carbocycles. The van der Waals surface area contributed by atoms with Crippen LogP contribution in [0.2, 0.25) is 0 Å². The lowest BCUT2D eigenvalue weighted by atomic mass is 10.3. The Morgan fingerprint density at radius 1 is 1.38 bits per heavy atom. The van der Waals surface area contributed by atoms with E-state index in [0.29, 0.717) is 22.6 Å². The second kappa shape index (κ2) is 5.65. The van der Waals surface area contributed by atoms with Crippen LogP contribution in [-0.4, -0.2) is 22.4 Å². The fourth-order valence-electron chi connectivity index (χ4n) is 1.93. The molecule has 0 saturated carbocycles. The van der Waals surface area contributed by atoms with Crippen molar-refractivity contribution in [2.75, 3.05) is 6.61 Å². The zero-order valence-electron chi connectivity index (χ0n) is 11.7. The lowest BCUT2D eigenvalue weighted by Crippen LogP contribution is -1.90. The van der Waals surface area contributed by atoms with Crippen molar-refractivity contribution in [1.29, 1.82) is 0 Å². The molecule has 3 aromatic rings. The van der Waals surface area contributed by atoms with Crippen molar-refractivity contribution in [1.82, 2.24) is 9.97 Å². The number of ketones is 1. The number of carbonyl (C=O) groups is 1. The smallest absolute Gasteiger partial charge is 0.194 e. The lowest BCUT2D eigenvalue weighted by molar-refractivity contribution is 0.0982. The highest BCUT2D eigenvalue weighted by Crippen LogP contribution is 2.30. The molecule has 0 aliphatic rings. The van der Waals surface area contributed by atoms with Crippen molar-refractivity contribution in [2.24, 2.45) is 0 Å². The Labute approximate surface area is 125 Å². The minimum absolute atomic E-state index is 0.0900. The summed E-state index contributed by atoms with van der Waals surface area (Å²) in [5.74, 6) is 1.07. The number of carbonyl (C=O) groups excluding carboxylic acids is 1. The third-order valence-corrected chi connectivity index (χ3v) is 3.68. The summed E-state index contributed by atoms with van der Waals surface area (Å²) >= 11 is 1.34. The third-order valence-electron chi connectivity index (χ3n) is 2.87. The van der Waals surface area contributed by atoms with Crippen LogP contribution in [0.4, 0.5) is 0 Å². The monoisotopic (exact) mass is 302 g/mol. The quantitative estimate of drug-likeness (QED) is 0.724. The molecule has 2 heterocycles. The van der Waals surface area contributed by atoms with E-state index in [2.05, 4.69) is 9.97 Å². The Morgan fingerprint density at radius 3 is 2.95 bits per heavy atom. The van der Waals surface area contributed by atoms with Gasteiger partial charge in [-0.3, -0.25) is 4.79 Å². The maximum absolute atomic E-state index is 11.2. The second-order valence-electron chi connectivity index (χ2n) is 4.43. The van der Waals surface area contributed by atoms with Gasteiger partial charge in [0.25, 0.3) is 0 Å². The van der Waals surface area contributed by atoms with Crippen LogP contribution in [0.5, 0.6) is 5.75 Å². The Kier molecular flexibility index (Phi) is 3.70. The van der Waals surface area contributed by atoms with Crippen molar-refractivity contribution in [3.05, 3.63) is 36.1 Å². The van der Waals surface area contributed by atoms with Crippen molar-refractivity contribution >= 4 is 28.6 Å². The van der Waals surface area contributed by atoms with Gasteiger partial charge in [0.1, 0.15) is 5.75 Å². The molecule has 6 heteroatoms. The van der Waals surface area contributed by atoms with Gasteiger partial charge in [0.2, 0.25) is 0 Å². The number of fused-ring (bicyclic) bond motifs is 1. The number of Topliss-reactive ketones (excluding diaryl/α,β-unsaturated/α-hetero) is 1. The van der Waals surface area contributed by atoms with Gasteiger partial charge in [-0.1, -0.05) is 0 Å². The van der Waals surface area contributed by atoms with Crippen LogP contribution in [0.1, 0.15) is 24.4 Å². The van der Waals surface area contributed by atoms with Crippen LogP contribution >= 0.6 is 11.8 Å². The van der Waals surface area contributed by atoms with E-state index in [1.807, 2.05) is 25.1 Å². The van der Waals surface area contributed by atoms with Gasteiger partial charge in [-0.05, 0) is 43.0 Å². The Hall–Kier alpha value is -2.21. The highest BCUT2D eigenvalue weighted by atomic mass is 32.2. The van der Waals surface area contributed by atoms with Gasteiger partial charge in [0, 0.05) is 13.0 Å². The van der Waals surface area contributed by atoms with E-state index in [1.165, 1.54) is 18.7 Å². The van der Waals surface area contributed by atoms with E-state index < -0.39 is 0 Å². The molecule has 0 unspecified atom stereocenters. The number of benzene rings is 1. The van der Waals surface area contributed by atoms with Gasteiger partial charge in [0.15, 0.2) is 21.8 Å². The predicted octanol–water partition coefficient (Wildman–Crippen LogP) is 3.91. The standard InChI is InChI=1S/C15H14N2O3S/c1-3-19-10-4-5-11-12(8-10)17-15(16-11)21-14-7-6-13(20-14)9(2)18/h4-8H,3H2,1-2H3,(H,16,17). The van der Waals surface area contributed by atoms with E-state index in [0.717, 1.165) is 16.8 Å². The average Bonchev–Trinajstić information content (AvgIpc) is 3.05. The largest absolute Gasteiger partial charge is 0.494 e. The van der Waals surface area contributed by atoms with E-state index in [9.17, 15) is 4.79 Å². The van der Waals surface area contributed by atoms with Gasteiger partial charge >= 0.3 is 0 Å². The fourth-order valence-corrected chi connectivity index (χ4v) is 2.69. The van der Waals surface area contributed by atoms with Crippen LogP contribution in [0.25, 0.3) is 11.0 Å². The minimum Gasteiger partial charge on any atom is -0.494 e. The van der Waals surface area contributed by atoms with Crippen LogP contribution in [-0.2, 0) is 0 Å². The summed E-state index contributed by atoms with van der Waals surface area (Å²) in [4.78, 5) is 18.9. The first-order valence-electron chi connectivity index (χ1n) is 6.57. The van der Waals surface area contributed by atoms with Crippen molar-refractivity contribution in [3.8, 4) is 5.75 Å². The summed E-state index contributed by atoms with van der Waals surface area (Å²) in [5, 5.41) is 1.34. The summed E-state index contributed by atoms with van der Waals surface area (Å²) in [7, 11) is 0. The Balaban J connectivity index is 1.84. The maximum atomic E-state index is 11.2. The van der Waals surface area contributed by atoms with E-state index in [1.54, 1.807) is 12.1 Å². The van der Waals surface area contributed by atoms with Crippen molar-refractivity contribution in [3.63, 3.8) is 0 Å². The topological polar surface area (TPSA) is 68.1 Å². The molecule has 0 atom stereocenters. The average molecular weight is 302 g/mol. The Bertz CT molecular complexity index is 791. The number of aromatic nitrogens is 2. The van der Waals surface area contributed by atoms with Gasteiger partial charge < -0.3 is 14.1 Å². The molecule has 1 N–H and O–H groups in total. The highest BCUT2D eigenvalue weighted by Gasteiger charge is 2.10. The number of imidazole rings is 1. The fraction of sp³-hybridized carbons (Fsp3) is 0.200. The van der Waals surface area contributed by atoms with Crippen LogP contribution in [0.3, 0.4) is 0 Å². The highest BCUT2D eigenvalue weighted by molar-refractivity contribution is 7.99. The number of H-pyrrole nitrogens is 1. The number of aromatic amines is 1. The molecule has 3 rings (SSSR count). The number of rotatable bonds is 5. The van der Waals surface area contributed by atoms with E-state index in [4.69, 9.17) is 9.15 Å². The molecule has 0 spiro atoms. The first-order valence-corrected chi connectivity index (χ1v) is 7.38. The SMILES string of the molecule is CCOc1ccc2nc(Sc3ccc(C(C)=O)o3)[nH]c2c1. The lowest BCUT2D eigenvalue weighted by Gasteiger charge is -2.00. The first kappa shape index (κ1) is 13.8. The third kappa shape index (κ3) is 2.95. The van der Waals surface area contributed by atoms with Crippen molar-refractivity contribution < 1.29 is 13.9 Å². The zero-order valence-corrected chi connectivity index (χ0v) is 12.5. The molecule has 0 aliphatic heterocycles. The number of ether oxygens (including phenoxy) is 1. The molecule has 108 valence electrons. The summed E-state index contributed by atoms with van der Waals surface area (Å²) in [6.45, 7) is 4.05. The maximum Gasteiger partial charge on any atom is 0.194 e. The summed E-state index contributed by atoms with van der Waals surface area (Å²) in [6.07, 6.45) is 0. The minimum atomic E-state index is -0.0900. The number of hydrogen-bond donors (Lipinski definition) is 1. The zero-order chi connectivity index (χ0) is 14.8. The number of hydrogen-bond acceptors (Lipinski definition) is 5. The van der Waals surface area contributed by atoms with Crippen LogP contribution < -0.4 is 4.74 Å². The predicted molar refractivity (Wildman–Crippen MR) is 80.1 cm³/mol. The number of furan rings is 1. The molecule has 0 radical (unpaired) electrons. The van der Waals surface area contributed by atoms with Gasteiger partial charge in [-0.2, -0.15) is 0 Å². The van der Waals surface area contributed by atoms with E-state index >= 15 is 0 Å². The Morgan fingerprint density at radius 2 is 2.24 bits per heavy atom. The molecule has 0 aliphatic carbocycles. The molecule has 0 fully saturated rings. The van der Waals surface area contributed by atoms with Crippen LogP contribution in [0, 0.1) is 0 Å². The molecular weight excluding hydrogens is 288 g/mol. The van der Waals surface area contributed by atoms with E-state index in [-0.39, 0.29) is 5.78 Å². The summed E-state index contributed by atoms with van der Waals surface area (Å²) in [5.41, 5.74) is 1.76. The van der Waals surface area contributed by atoms with Gasteiger partial charge in [0.05, 0.1) is 17.6 Å². The molecule has 5 nitrogen and oxygen atoms in total. The summed E-state index contributed by atoms with van der Waals surface area (Å²) < 4.78 is 10.9. The number of nitrogens with zero attached hydrogens (tertiary/aromatic N) is 1. The molecule has 0 saturated heterocycles. The molecular formula is C15H14N2O3S. The summed E-state index contributed by atoms with van der Waals surface area (Å²) in [6, 6.07) is 9.14. The molecule has 0 bridgehead atoms. The molecule has 21 heavy (non-hydrogen) atoms. The first-order chi connectivity index (χ1) is 10.2. The van der Waals surface area contributed by atoms with Gasteiger partial charge in [-0.25, -0.2) is 4.98 Å².